The topological polar surface area (TPSA) is 47.2 Å². The first-order chi connectivity index (χ1) is 11.2. The Morgan fingerprint density at radius 2 is 2.09 bits per heavy atom. The summed E-state index contributed by atoms with van der Waals surface area (Å²) in [6, 6.07) is 7.39. The molecule has 0 bridgehead atoms. The van der Waals surface area contributed by atoms with E-state index in [0.717, 1.165) is 35.0 Å². The van der Waals surface area contributed by atoms with Gasteiger partial charge in [0.05, 0.1) is 11.6 Å². The Balaban J connectivity index is 1.81. The molecule has 4 nitrogen and oxygen atoms in total. The first kappa shape index (κ1) is 14.6. The Morgan fingerprint density at radius 3 is 2.96 bits per heavy atom. The highest BCUT2D eigenvalue weighted by atomic mass is 35.5. The van der Waals surface area contributed by atoms with Gasteiger partial charge in [-0.3, -0.25) is 4.79 Å². The molecule has 0 amide bonds. The molecule has 0 radical (unpaired) electrons. The Labute approximate surface area is 142 Å². The van der Waals surface area contributed by atoms with E-state index in [1.807, 2.05) is 18.2 Å². The van der Waals surface area contributed by atoms with Crippen molar-refractivity contribution in [2.45, 2.75) is 25.7 Å². The lowest BCUT2D eigenvalue weighted by molar-refractivity contribution is 0.699. The van der Waals surface area contributed by atoms with Crippen molar-refractivity contribution in [1.82, 2.24) is 9.66 Å². The number of thiophene rings is 1. The van der Waals surface area contributed by atoms with E-state index in [2.05, 4.69) is 10.1 Å². The summed E-state index contributed by atoms with van der Waals surface area (Å²) in [6.07, 6.45) is 7.42. The average molecular weight is 344 g/mol. The minimum atomic E-state index is -0.0993. The largest absolute Gasteiger partial charge is 0.282 e. The van der Waals surface area contributed by atoms with Crippen LogP contribution in [0, 0.1) is 0 Å². The number of aromatic nitrogens is 2. The molecule has 0 saturated carbocycles. The molecule has 116 valence electrons. The standard InChI is InChI=1S/C17H14ClN3OS/c18-13-7-3-1-5-11(13)9-20-21-10-19-16-15(17(21)22)12-6-2-4-8-14(12)23-16/h1,3,5,7,9-10H,2,4,6,8H2. The number of fused-ring (bicyclic) bond motifs is 3. The van der Waals surface area contributed by atoms with Gasteiger partial charge in [0.15, 0.2) is 0 Å². The molecule has 6 heteroatoms. The van der Waals surface area contributed by atoms with Crippen LogP contribution in [0.5, 0.6) is 0 Å². The van der Waals surface area contributed by atoms with E-state index in [0.29, 0.717) is 5.02 Å². The van der Waals surface area contributed by atoms with Gasteiger partial charge in [-0.2, -0.15) is 9.78 Å². The van der Waals surface area contributed by atoms with Gasteiger partial charge in [-0.25, -0.2) is 4.98 Å². The maximum absolute atomic E-state index is 12.8. The molecule has 0 aliphatic heterocycles. The molecule has 4 rings (SSSR count). The number of nitrogens with zero attached hydrogens (tertiary/aromatic N) is 3. The lowest BCUT2D eigenvalue weighted by Crippen LogP contribution is -2.18. The molecule has 2 aromatic heterocycles. The van der Waals surface area contributed by atoms with E-state index in [1.54, 1.807) is 23.6 Å². The van der Waals surface area contributed by atoms with Gasteiger partial charge >= 0.3 is 0 Å². The number of rotatable bonds is 2. The van der Waals surface area contributed by atoms with Crippen LogP contribution in [0.3, 0.4) is 0 Å². The molecule has 2 heterocycles. The third-order valence-electron chi connectivity index (χ3n) is 4.09. The van der Waals surface area contributed by atoms with Crippen molar-refractivity contribution in [2.24, 2.45) is 5.10 Å². The quantitative estimate of drug-likeness (QED) is 0.663. The number of aryl methyl sites for hydroxylation is 2. The first-order valence-corrected chi connectivity index (χ1v) is 8.74. The molecule has 23 heavy (non-hydrogen) atoms. The third kappa shape index (κ3) is 2.60. The van der Waals surface area contributed by atoms with Crippen LogP contribution < -0.4 is 5.56 Å². The normalized spacial score (nSPS) is 14.5. The second kappa shape index (κ2) is 5.91. The van der Waals surface area contributed by atoms with E-state index >= 15 is 0 Å². The van der Waals surface area contributed by atoms with Crippen LogP contribution >= 0.6 is 22.9 Å². The van der Waals surface area contributed by atoms with Crippen LogP contribution in [0.1, 0.15) is 28.8 Å². The van der Waals surface area contributed by atoms with Gasteiger partial charge in [0.1, 0.15) is 11.2 Å². The van der Waals surface area contributed by atoms with Crippen molar-refractivity contribution in [1.29, 1.82) is 0 Å². The monoisotopic (exact) mass is 343 g/mol. The van der Waals surface area contributed by atoms with Gasteiger partial charge in [-0.1, -0.05) is 29.8 Å². The van der Waals surface area contributed by atoms with E-state index < -0.39 is 0 Å². The lowest BCUT2D eigenvalue weighted by atomic mass is 9.97. The number of benzene rings is 1. The zero-order valence-corrected chi connectivity index (χ0v) is 13.9. The molecule has 3 aromatic rings. The zero-order chi connectivity index (χ0) is 15.8. The molecular weight excluding hydrogens is 330 g/mol. The van der Waals surface area contributed by atoms with Crippen molar-refractivity contribution in [3.05, 3.63) is 62.0 Å². The van der Waals surface area contributed by atoms with Crippen LogP contribution in [0.15, 0.2) is 40.5 Å². The number of hydrogen-bond donors (Lipinski definition) is 0. The van der Waals surface area contributed by atoms with Gasteiger partial charge in [-0.05, 0) is 37.3 Å². The molecule has 1 aliphatic carbocycles. The third-order valence-corrected chi connectivity index (χ3v) is 5.63. The summed E-state index contributed by atoms with van der Waals surface area (Å²) in [6.45, 7) is 0. The highest BCUT2D eigenvalue weighted by Gasteiger charge is 2.19. The second-order valence-electron chi connectivity index (χ2n) is 5.55. The SMILES string of the molecule is O=c1c2c3c(sc2ncn1N=Cc1ccccc1Cl)CCCC3. The van der Waals surface area contributed by atoms with Crippen molar-refractivity contribution < 1.29 is 0 Å². The molecule has 0 spiro atoms. The van der Waals surface area contributed by atoms with Crippen molar-refractivity contribution in [3.8, 4) is 0 Å². The van der Waals surface area contributed by atoms with E-state index in [-0.39, 0.29) is 5.56 Å². The predicted octanol–water partition coefficient (Wildman–Crippen LogP) is 3.87. The van der Waals surface area contributed by atoms with Crippen LogP contribution in [0.2, 0.25) is 5.02 Å². The highest BCUT2D eigenvalue weighted by Crippen LogP contribution is 2.33. The summed E-state index contributed by atoms with van der Waals surface area (Å²) in [5.41, 5.74) is 1.85. The minimum absolute atomic E-state index is 0.0993. The maximum atomic E-state index is 12.8. The molecule has 0 atom stereocenters. The maximum Gasteiger partial charge on any atom is 0.282 e. The van der Waals surface area contributed by atoms with Crippen molar-refractivity contribution >= 4 is 39.4 Å². The van der Waals surface area contributed by atoms with E-state index in [4.69, 9.17) is 11.6 Å². The first-order valence-electron chi connectivity index (χ1n) is 7.55. The highest BCUT2D eigenvalue weighted by molar-refractivity contribution is 7.18. The fraction of sp³-hybridized carbons (Fsp3) is 0.235. The summed E-state index contributed by atoms with van der Waals surface area (Å²) in [7, 11) is 0. The summed E-state index contributed by atoms with van der Waals surface area (Å²) in [5, 5.41) is 5.59. The van der Waals surface area contributed by atoms with Gasteiger partial charge < -0.3 is 0 Å². The predicted molar refractivity (Wildman–Crippen MR) is 95.0 cm³/mol. The molecule has 0 unspecified atom stereocenters. The van der Waals surface area contributed by atoms with E-state index in [1.165, 1.54) is 27.9 Å². The van der Waals surface area contributed by atoms with Crippen molar-refractivity contribution in [3.63, 3.8) is 0 Å². The van der Waals surface area contributed by atoms with Crippen LogP contribution in [0.25, 0.3) is 10.2 Å². The Hall–Kier alpha value is -1.98. The molecule has 0 saturated heterocycles. The summed E-state index contributed by atoms with van der Waals surface area (Å²) >= 11 is 7.75. The summed E-state index contributed by atoms with van der Waals surface area (Å²) in [5.74, 6) is 0. The smallest absolute Gasteiger partial charge is 0.267 e. The number of halogens is 1. The fourth-order valence-electron chi connectivity index (χ4n) is 2.92. The van der Waals surface area contributed by atoms with Crippen LogP contribution in [-0.4, -0.2) is 15.9 Å². The molecule has 0 N–H and O–H groups in total. The fourth-order valence-corrected chi connectivity index (χ4v) is 4.33. The molecule has 1 aromatic carbocycles. The van der Waals surface area contributed by atoms with Gasteiger partial charge in [0.25, 0.3) is 5.56 Å². The average Bonchev–Trinajstić information content (AvgIpc) is 2.95. The van der Waals surface area contributed by atoms with Gasteiger partial charge in [-0.15, -0.1) is 11.3 Å². The minimum Gasteiger partial charge on any atom is -0.267 e. The number of hydrogen-bond acceptors (Lipinski definition) is 4. The Kier molecular flexibility index (Phi) is 3.75. The molecule has 0 fully saturated rings. The van der Waals surface area contributed by atoms with Crippen LogP contribution in [-0.2, 0) is 12.8 Å². The lowest BCUT2D eigenvalue weighted by Gasteiger charge is -2.09. The Morgan fingerprint density at radius 1 is 1.26 bits per heavy atom. The second-order valence-corrected chi connectivity index (χ2v) is 7.04. The van der Waals surface area contributed by atoms with E-state index in [9.17, 15) is 4.79 Å². The van der Waals surface area contributed by atoms with Gasteiger partial charge in [0.2, 0.25) is 0 Å². The van der Waals surface area contributed by atoms with Crippen LogP contribution in [0.4, 0.5) is 0 Å². The zero-order valence-electron chi connectivity index (χ0n) is 12.3. The summed E-state index contributed by atoms with van der Waals surface area (Å²) < 4.78 is 1.30. The molecule has 1 aliphatic rings. The Bertz CT molecular complexity index is 974. The summed E-state index contributed by atoms with van der Waals surface area (Å²) in [4.78, 5) is 19.3. The van der Waals surface area contributed by atoms with Crippen molar-refractivity contribution in [2.75, 3.05) is 0 Å². The van der Waals surface area contributed by atoms with Gasteiger partial charge in [0, 0.05) is 15.5 Å². The molecular formula is C17H14ClN3OS.